The number of rotatable bonds is 4. The molecule has 150 valence electrons. The Morgan fingerprint density at radius 2 is 1.93 bits per heavy atom. The molecule has 0 bridgehead atoms. The fourth-order valence-corrected chi connectivity index (χ4v) is 4.28. The summed E-state index contributed by atoms with van der Waals surface area (Å²) < 4.78 is 25.5. The first-order chi connectivity index (χ1) is 14.2. The van der Waals surface area contributed by atoms with Crippen LogP contribution in [0.2, 0.25) is 0 Å². The quantitative estimate of drug-likeness (QED) is 0.796. The summed E-state index contributed by atoms with van der Waals surface area (Å²) in [6.07, 6.45) is 3.87. The van der Waals surface area contributed by atoms with E-state index in [-0.39, 0.29) is 11.7 Å². The number of benzene rings is 2. The van der Waals surface area contributed by atoms with Gasteiger partial charge in [0.15, 0.2) is 0 Å². The Bertz CT molecular complexity index is 996. The molecule has 5 nitrogen and oxygen atoms in total. The van der Waals surface area contributed by atoms with Crippen molar-refractivity contribution in [2.75, 3.05) is 31.6 Å². The smallest absolute Gasteiger partial charge is 0.260 e. The first-order valence-corrected chi connectivity index (χ1v) is 10.2. The van der Waals surface area contributed by atoms with E-state index in [1.165, 1.54) is 31.4 Å². The SMILES string of the molecule is O=C1Nc2ccc(F)cc2C1=C1OCc2cc(OCCN3CCCCC3)ccc21. The van der Waals surface area contributed by atoms with Crippen molar-refractivity contribution < 1.29 is 18.7 Å². The number of piperidine rings is 1. The van der Waals surface area contributed by atoms with Crippen molar-refractivity contribution in [1.82, 2.24) is 4.90 Å². The number of anilines is 1. The summed E-state index contributed by atoms with van der Waals surface area (Å²) in [5.74, 6) is 0.656. The van der Waals surface area contributed by atoms with Gasteiger partial charge in [-0.2, -0.15) is 0 Å². The van der Waals surface area contributed by atoms with Gasteiger partial charge < -0.3 is 14.8 Å². The van der Waals surface area contributed by atoms with Gasteiger partial charge in [-0.3, -0.25) is 9.69 Å². The van der Waals surface area contributed by atoms with Crippen molar-refractivity contribution in [3.05, 3.63) is 58.9 Å². The molecule has 0 atom stereocenters. The van der Waals surface area contributed by atoms with Crippen molar-refractivity contribution in [2.45, 2.75) is 25.9 Å². The van der Waals surface area contributed by atoms with Crippen LogP contribution in [0.1, 0.15) is 36.0 Å². The molecule has 2 aromatic carbocycles. The van der Waals surface area contributed by atoms with Gasteiger partial charge in [0, 0.05) is 28.9 Å². The summed E-state index contributed by atoms with van der Waals surface area (Å²) in [5.41, 5.74) is 3.36. The number of fused-ring (bicyclic) bond motifs is 2. The Labute approximate surface area is 169 Å². The highest BCUT2D eigenvalue weighted by Crippen LogP contribution is 2.42. The summed E-state index contributed by atoms with van der Waals surface area (Å²) in [7, 11) is 0. The number of ether oxygens (including phenoxy) is 2. The third-order valence-corrected chi connectivity index (χ3v) is 5.77. The zero-order valence-electron chi connectivity index (χ0n) is 16.2. The molecule has 0 unspecified atom stereocenters. The Balaban J connectivity index is 1.35. The predicted octanol–water partition coefficient (Wildman–Crippen LogP) is 4.04. The molecule has 0 radical (unpaired) electrons. The lowest BCUT2D eigenvalue weighted by molar-refractivity contribution is -0.110. The fraction of sp³-hybridized carbons (Fsp3) is 0.348. The van der Waals surface area contributed by atoms with Gasteiger partial charge in [-0.05, 0) is 62.3 Å². The standard InChI is InChI=1S/C23H23FN2O3/c24-16-4-7-20-19(13-16)21(23(27)25-20)22-18-6-5-17(12-15(18)14-29-22)28-11-10-26-8-2-1-3-9-26/h4-7,12-13H,1-3,8-11,14H2,(H,25,27). The maximum absolute atomic E-state index is 13.7. The highest BCUT2D eigenvalue weighted by molar-refractivity contribution is 6.36. The van der Waals surface area contributed by atoms with Crippen molar-refractivity contribution in [3.63, 3.8) is 0 Å². The van der Waals surface area contributed by atoms with E-state index in [9.17, 15) is 9.18 Å². The van der Waals surface area contributed by atoms with E-state index < -0.39 is 0 Å². The summed E-state index contributed by atoms with van der Waals surface area (Å²) in [6.45, 7) is 4.27. The minimum Gasteiger partial charge on any atom is -0.492 e. The number of halogens is 1. The summed E-state index contributed by atoms with van der Waals surface area (Å²) >= 11 is 0. The molecule has 1 saturated heterocycles. The van der Waals surface area contributed by atoms with Crippen molar-refractivity contribution in [2.24, 2.45) is 0 Å². The molecule has 0 saturated carbocycles. The zero-order valence-corrected chi connectivity index (χ0v) is 16.2. The van der Waals surface area contributed by atoms with E-state index in [1.54, 1.807) is 6.07 Å². The first-order valence-electron chi connectivity index (χ1n) is 10.2. The fourth-order valence-electron chi connectivity index (χ4n) is 4.28. The molecule has 1 fully saturated rings. The highest BCUT2D eigenvalue weighted by atomic mass is 19.1. The van der Waals surface area contributed by atoms with Crippen LogP contribution in [-0.4, -0.2) is 37.0 Å². The van der Waals surface area contributed by atoms with Gasteiger partial charge in [-0.15, -0.1) is 0 Å². The van der Waals surface area contributed by atoms with Crippen LogP contribution in [0.4, 0.5) is 10.1 Å². The number of likely N-dealkylation sites (tertiary alicyclic amines) is 1. The summed E-state index contributed by atoms with van der Waals surface area (Å²) in [5, 5.41) is 2.78. The van der Waals surface area contributed by atoms with Crippen LogP contribution in [0.25, 0.3) is 11.3 Å². The topological polar surface area (TPSA) is 50.8 Å². The second-order valence-corrected chi connectivity index (χ2v) is 7.71. The lowest BCUT2D eigenvalue weighted by atomic mass is 10.0. The van der Waals surface area contributed by atoms with E-state index in [4.69, 9.17) is 9.47 Å². The molecule has 5 rings (SSSR count). The lowest BCUT2D eigenvalue weighted by Crippen LogP contribution is -2.33. The molecular weight excluding hydrogens is 371 g/mol. The first kappa shape index (κ1) is 18.2. The second kappa shape index (κ2) is 7.52. The van der Waals surface area contributed by atoms with Gasteiger partial charge >= 0.3 is 0 Å². The average molecular weight is 394 g/mol. The Morgan fingerprint density at radius 3 is 2.79 bits per heavy atom. The molecule has 0 aromatic heterocycles. The van der Waals surface area contributed by atoms with Gasteiger partial charge in [-0.25, -0.2) is 4.39 Å². The predicted molar refractivity (Wildman–Crippen MR) is 109 cm³/mol. The number of amides is 1. The van der Waals surface area contributed by atoms with Crippen LogP contribution in [0.5, 0.6) is 5.75 Å². The summed E-state index contributed by atoms with van der Waals surface area (Å²) in [4.78, 5) is 14.9. The Hall–Kier alpha value is -2.86. The van der Waals surface area contributed by atoms with Crippen molar-refractivity contribution >= 4 is 22.9 Å². The number of carbonyl (C=O) groups is 1. The van der Waals surface area contributed by atoms with Gasteiger partial charge in [-0.1, -0.05) is 6.42 Å². The molecular formula is C23H23FN2O3. The van der Waals surface area contributed by atoms with Crippen molar-refractivity contribution in [3.8, 4) is 5.75 Å². The molecule has 0 spiro atoms. The van der Waals surface area contributed by atoms with Crippen LogP contribution in [0.3, 0.4) is 0 Å². The monoisotopic (exact) mass is 394 g/mol. The van der Waals surface area contributed by atoms with Crippen LogP contribution < -0.4 is 10.1 Å². The van der Waals surface area contributed by atoms with Gasteiger partial charge in [0.1, 0.15) is 30.5 Å². The number of nitrogens with one attached hydrogen (secondary N) is 1. The Morgan fingerprint density at radius 1 is 1.07 bits per heavy atom. The maximum Gasteiger partial charge on any atom is 0.260 e. The van der Waals surface area contributed by atoms with E-state index in [1.807, 2.05) is 18.2 Å². The molecule has 3 heterocycles. The van der Waals surface area contributed by atoms with Gasteiger partial charge in [0.25, 0.3) is 5.91 Å². The van der Waals surface area contributed by atoms with E-state index >= 15 is 0 Å². The average Bonchev–Trinajstić information content (AvgIpc) is 3.28. The minimum absolute atomic E-state index is 0.268. The normalized spacial score (nSPS) is 20.8. The lowest BCUT2D eigenvalue weighted by Gasteiger charge is -2.26. The van der Waals surface area contributed by atoms with Gasteiger partial charge in [0.2, 0.25) is 0 Å². The van der Waals surface area contributed by atoms with E-state index in [0.29, 0.717) is 35.8 Å². The molecule has 3 aliphatic rings. The molecule has 3 aliphatic heterocycles. The highest BCUT2D eigenvalue weighted by Gasteiger charge is 2.32. The van der Waals surface area contributed by atoms with Crippen LogP contribution >= 0.6 is 0 Å². The molecule has 1 N–H and O–H groups in total. The van der Waals surface area contributed by atoms with Crippen LogP contribution in [0.15, 0.2) is 36.4 Å². The molecule has 1 amide bonds. The van der Waals surface area contributed by atoms with E-state index in [2.05, 4.69) is 10.2 Å². The summed E-state index contributed by atoms with van der Waals surface area (Å²) in [6, 6.07) is 10.1. The number of hydrogen-bond donors (Lipinski definition) is 1. The molecule has 0 aliphatic carbocycles. The second-order valence-electron chi connectivity index (χ2n) is 7.71. The zero-order chi connectivity index (χ0) is 19.8. The Kier molecular flexibility index (Phi) is 4.72. The van der Waals surface area contributed by atoms with Crippen LogP contribution in [0, 0.1) is 5.82 Å². The largest absolute Gasteiger partial charge is 0.492 e. The van der Waals surface area contributed by atoms with Gasteiger partial charge in [0.05, 0.1) is 5.57 Å². The van der Waals surface area contributed by atoms with Crippen molar-refractivity contribution in [1.29, 1.82) is 0 Å². The van der Waals surface area contributed by atoms with Crippen LogP contribution in [-0.2, 0) is 16.1 Å². The minimum atomic E-state index is -0.381. The number of carbonyl (C=O) groups excluding carboxylic acids is 1. The number of nitrogens with zero attached hydrogens (tertiary/aromatic N) is 1. The molecule has 6 heteroatoms. The third kappa shape index (κ3) is 3.49. The number of hydrogen-bond acceptors (Lipinski definition) is 4. The maximum atomic E-state index is 13.7. The molecule has 29 heavy (non-hydrogen) atoms. The van der Waals surface area contributed by atoms with E-state index in [0.717, 1.165) is 36.5 Å². The third-order valence-electron chi connectivity index (χ3n) is 5.77. The molecule has 2 aromatic rings.